The molecule has 4 rings (SSSR count). The minimum absolute atomic E-state index is 0.00610. The lowest BCUT2D eigenvalue weighted by Crippen LogP contribution is -2.50. The molecule has 1 atom stereocenters. The van der Waals surface area contributed by atoms with Gasteiger partial charge in [0.25, 0.3) is 5.91 Å². The molecule has 162 valence electrons. The normalized spacial score (nSPS) is 15.6. The van der Waals surface area contributed by atoms with E-state index in [1.807, 2.05) is 67.3 Å². The van der Waals surface area contributed by atoms with Crippen LogP contribution >= 0.6 is 0 Å². The number of aromatic nitrogens is 2. The molecular formula is C24H28N4O3. The lowest BCUT2D eigenvalue weighted by molar-refractivity contribution is -0.135. The van der Waals surface area contributed by atoms with E-state index in [0.29, 0.717) is 24.8 Å². The Kier molecular flexibility index (Phi) is 6.32. The molecule has 0 aliphatic carbocycles. The molecule has 0 N–H and O–H groups in total. The molecule has 1 aliphatic rings. The number of amides is 1. The van der Waals surface area contributed by atoms with E-state index in [2.05, 4.69) is 22.0 Å². The summed E-state index contributed by atoms with van der Waals surface area (Å²) < 4.78 is 11.3. The van der Waals surface area contributed by atoms with E-state index >= 15 is 0 Å². The van der Waals surface area contributed by atoms with Gasteiger partial charge in [0.1, 0.15) is 5.75 Å². The van der Waals surface area contributed by atoms with Crippen molar-refractivity contribution in [2.75, 3.05) is 32.8 Å². The van der Waals surface area contributed by atoms with Gasteiger partial charge < -0.3 is 14.2 Å². The number of piperazine rings is 1. The zero-order chi connectivity index (χ0) is 21.8. The number of nitrogens with zero attached hydrogens (tertiary/aromatic N) is 4. The van der Waals surface area contributed by atoms with E-state index in [4.69, 9.17) is 9.26 Å². The lowest BCUT2D eigenvalue weighted by Gasteiger charge is -2.36. The highest BCUT2D eigenvalue weighted by molar-refractivity contribution is 5.78. The quantitative estimate of drug-likeness (QED) is 0.606. The molecule has 3 aromatic rings. The molecule has 1 saturated heterocycles. The highest BCUT2D eigenvalue weighted by Gasteiger charge is 2.28. The van der Waals surface area contributed by atoms with E-state index in [9.17, 15) is 4.79 Å². The predicted octanol–water partition coefficient (Wildman–Crippen LogP) is 3.64. The zero-order valence-corrected chi connectivity index (χ0v) is 18.2. The molecule has 1 amide bonds. The fourth-order valence-corrected chi connectivity index (χ4v) is 3.74. The van der Waals surface area contributed by atoms with E-state index in [1.165, 1.54) is 0 Å². The van der Waals surface area contributed by atoms with Gasteiger partial charge in [-0.2, -0.15) is 4.98 Å². The Morgan fingerprint density at radius 1 is 1.06 bits per heavy atom. The zero-order valence-electron chi connectivity index (χ0n) is 18.2. The summed E-state index contributed by atoms with van der Waals surface area (Å²) in [6.07, 6.45) is 0. The van der Waals surface area contributed by atoms with Crippen LogP contribution in [0, 0.1) is 13.8 Å². The van der Waals surface area contributed by atoms with Gasteiger partial charge in [-0.15, -0.1) is 0 Å². The molecule has 0 radical (unpaired) electrons. The molecule has 1 fully saturated rings. The second-order valence-corrected chi connectivity index (χ2v) is 7.90. The van der Waals surface area contributed by atoms with Gasteiger partial charge in [0, 0.05) is 31.7 Å². The van der Waals surface area contributed by atoms with Crippen LogP contribution in [-0.2, 0) is 4.79 Å². The Labute approximate surface area is 182 Å². The van der Waals surface area contributed by atoms with Gasteiger partial charge in [0.15, 0.2) is 6.61 Å². The van der Waals surface area contributed by atoms with Gasteiger partial charge in [-0.05, 0) is 38.0 Å². The monoisotopic (exact) mass is 420 g/mol. The van der Waals surface area contributed by atoms with Crippen molar-refractivity contribution >= 4 is 5.91 Å². The third-order valence-corrected chi connectivity index (χ3v) is 5.95. The summed E-state index contributed by atoms with van der Waals surface area (Å²) in [4.78, 5) is 21.3. The molecule has 1 unspecified atom stereocenters. The van der Waals surface area contributed by atoms with Gasteiger partial charge in [-0.25, -0.2) is 0 Å². The molecule has 2 heterocycles. The topological polar surface area (TPSA) is 71.7 Å². The van der Waals surface area contributed by atoms with Gasteiger partial charge in [-0.3, -0.25) is 9.69 Å². The highest BCUT2D eigenvalue weighted by Crippen LogP contribution is 2.24. The highest BCUT2D eigenvalue weighted by atomic mass is 16.5. The van der Waals surface area contributed by atoms with Gasteiger partial charge in [-0.1, -0.05) is 47.6 Å². The van der Waals surface area contributed by atoms with Gasteiger partial charge in [0.05, 0.1) is 6.04 Å². The summed E-state index contributed by atoms with van der Waals surface area (Å²) in [5, 5.41) is 4.12. The fourth-order valence-electron chi connectivity index (χ4n) is 3.74. The first-order valence-electron chi connectivity index (χ1n) is 10.6. The van der Waals surface area contributed by atoms with Crippen LogP contribution in [0.25, 0.3) is 11.4 Å². The molecular weight excluding hydrogens is 392 g/mol. The number of carbonyl (C=O) groups is 1. The largest absolute Gasteiger partial charge is 0.483 e. The van der Waals surface area contributed by atoms with Crippen LogP contribution in [0.5, 0.6) is 5.75 Å². The standard InChI is InChI=1S/C24H28N4O3/c1-17-8-7-11-21(18(17)2)30-16-22(29)28-14-12-27(13-15-28)19(3)24-25-23(26-31-24)20-9-5-4-6-10-20/h4-11,19H,12-16H2,1-3H3. The van der Waals surface area contributed by atoms with E-state index in [-0.39, 0.29) is 18.6 Å². The van der Waals surface area contributed by atoms with Crippen LogP contribution in [0.1, 0.15) is 30.0 Å². The number of rotatable bonds is 6. The van der Waals surface area contributed by atoms with Crippen LogP contribution in [0.2, 0.25) is 0 Å². The van der Waals surface area contributed by atoms with Crippen molar-refractivity contribution < 1.29 is 14.1 Å². The van der Waals surface area contributed by atoms with E-state index in [0.717, 1.165) is 35.5 Å². The van der Waals surface area contributed by atoms with Gasteiger partial charge in [0.2, 0.25) is 11.7 Å². The minimum atomic E-state index is -0.00610. The van der Waals surface area contributed by atoms with Crippen molar-refractivity contribution in [1.29, 1.82) is 0 Å². The molecule has 7 nitrogen and oxygen atoms in total. The average Bonchev–Trinajstić information content (AvgIpc) is 3.30. The maximum absolute atomic E-state index is 12.6. The summed E-state index contributed by atoms with van der Waals surface area (Å²) in [7, 11) is 0. The maximum Gasteiger partial charge on any atom is 0.260 e. The number of aryl methyl sites for hydroxylation is 1. The molecule has 2 aromatic carbocycles. The second kappa shape index (κ2) is 9.31. The van der Waals surface area contributed by atoms with Crippen LogP contribution in [-0.4, -0.2) is 58.6 Å². The van der Waals surface area contributed by atoms with Crippen LogP contribution in [0.4, 0.5) is 0 Å². The molecule has 0 bridgehead atoms. The van der Waals surface area contributed by atoms with E-state index in [1.54, 1.807) is 0 Å². The maximum atomic E-state index is 12.6. The van der Waals surface area contributed by atoms with Crippen molar-refractivity contribution in [1.82, 2.24) is 19.9 Å². The molecule has 0 saturated carbocycles. The second-order valence-electron chi connectivity index (χ2n) is 7.90. The van der Waals surface area contributed by atoms with Crippen LogP contribution in [0.15, 0.2) is 53.1 Å². The third kappa shape index (κ3) is 4.77. The summed E-state index contributed by atoms with van der Waals surface area (Å²) in [6.45, 7) is 8.97. The molecule has 7 heteroatoms. The summed E-state index contributed by atoms with van der Waals surface area (Å²) in [6, 6.07) is 15.7. The Bertz CT molecular complexity index is 1030. The van der Waals surface area contributed by atoms with Crippen molar-refractivity contribution in [3.05, 3.63) is 65.5 Å². The number of benzene rings is 2. The number of hydrogen-bond acceptors (Lipinski definition) is 6. The predicted molar refractivity (Wildman–Crippen MR) is 118 cm³/mol. The van der Waals surface area contributed by atoms with E-state index < -0.39 is 0 Å². The number of hydrogen-bond donors (Lipinski definition) is 0. The van der Waals surface area contributed by atoms with Crippen molar-refractivity contribution in [3.63, 3.8) is 0 Å². The minimum Gasteiger partial charge on any atom is -0.483 e. The lowest BCUT2D eigenvalue weighted by atomic mass is 10.1. The van der Waals surface area contributed by atoms with Crippen molar-refractivity contribution in [3.8, 4) is 17.1 Å². The first kappa shape index (κ1) is 21.1. The summed E-state index contributed by atoms with van der Waals surface area (Å²) in [5.74, 6) is 1.97. The first-order chi connectivity index (χ1) is 15.0. The summed E-state index contributed by atoms with van der Waals surface area (Å²) in [5.41, 5.74) is 3.16. The van der Waals surface area contributed by atoms with Crippen molar-refractivity contribution in [2.45, 2.75) is 26.8 Å². The molecule has 1 aliphatic heterocycles. The Morgan fingerprint density at radius 3 is 2.55 bits per heavy atom. The Balaban J connectivity index is 1.29. The third-order valence-electron chi connectivity index (χ3n) is 5.95. The fraction of sp³-hybridized carbons (Fsp3) is 0.375. The molecule has 1 aromatic heterocycles. The Morgan fingerprint density at radius 2 is 1.81 bits per heavy atom. The smallest absolute Gasteiger partial charge is 0.260 e. The van der Waals surface area contributed by atoms with Crippen LogP contribution < -0.4 is 4.74 Å². The average molecular weight is 421 g/mol. The molecule has 0 spiro atoms. The number of carbonyl (C=O) groups excluding carboxylic acids is 1. The SMILES string of the molecule is Cc1cccc(OCC(=O)N2CCN(C(C)c3nc(-c4ccccc4)no3)CC2)c1C. The van der Waals surface area contributed by atoms with Gasteiger partial charge >= 0.3 is 0 Å². The van der Waals surface area contributed by atoms with Crippen LogP contribution in [0.3, 0.4) is 0 Å². The number of ether oxygens (including phenoxy) is 1. The Hall–Kier alpha value is -3.19. The molecule has 31 heavy (non-hydrogen) atoms. The van der Waals surface area contributed by atoms with Crippen molar-refractivity contribution in [2.24, 2.45) is 0 Å². The first-order valence-corrected chi connectivity index (χ1v) is 10.6. The summed E-state index contributed by atoms with van der Waals surface area (Å²) >= 11 is 0.